The number of benzene rings is 1. The van der Waals surface area contributed by atoms with E-state index in [0.717, 1.165) is 0 Å². The zero-order valence-electron chi connectivity index (χ0n) is 7.61. The van der Waals surface area contributed by atoms with Crippen LogP contribution in [0.2, 0.25) is 0 Å². The summed E-state index contributed by atoms with van der Waals surface area (Å²) in [7, 11) is 1.26. The lowest BCUT2D eigenvalue weighted by atomic mass is 10.1. The Morgan fingerprint density at radius 2 is 2.29 bits per heavy atom. The van der Waals surface area contributed by atoms with Crippen molar-refractivity contribution in [3.8, 4) is 0 Å². The Morgan fingerprint density at radius 1 is 1.57 bits per heavy atom. The van der Waals surface area contributed by atoms with Crippen molar-refractivity contribution in [3.05, 3.63) is 29.3 Å². The van der Waals surface area contributed by atoms with Crippen LogP contribution in [-0.4, -0.2) is 19.4 Å². The van der Waals surface area contributed by atoms with Crippen molar-refractivity contribution in [1.82, 2.24) is 0 Å². The summed E-state index contributed by atoms with van der Waals surface area (Å²) in [6, 6.07) is 4.53. The Balaban J connectivity index is 3.17. The molecule has 0 unspecified atom stereocenters. The van der Waals surface area contributed by atoms with Gasteiger partial charge in [-0.2, -0.15) is 0 Å². The van der Waals surface area contributed by atoms with Gasteiger partial charge in [0.05, 0.1) is 12.7 Å². The second-order valence-corrected chi connectivity index (χ2v) is 2.56. The molecule has 0 aliphatic heterocycles. The number of aldehydes is 1. The summed E-state index contributed by atoms with van der Waals surface area (Å²) >= 11 is 0. The predicted molar refractivity (Wildman–Crippen MR) is 51.0 cm³/mol. The van der Waals surface area contributed by atoms with Crippen LogP contribution in [0.25, 0.3) is 0 Å². The zero-order chi connectivity index (χ0) is 10.6. The summed E-state index contributed by atoms with van der Waals surface area (Å²) in [5.41, 5.74) is 3.40. The molecule has 1 aromatic carbocycles. The van der Waals surface area contributed by atoms with Crippen LogP contribution in [0.4, 0.5) is 5.69 Å². The molecule has 0 aliphatic carbocycles. The van der Waals surface area contributed by atoms with Gasteiger partial charge in [0, 0.05) is 11.3 Å². The standard InChI is InChI=1S/C9H10N2O3/c1-14-9(13)8-3-2-7(11-10)4-6(8)5-12/h2-5,11H,10H2,1H3. The number of nitrogens with one attached hydrogen (secondary N) is 1. The van der Waals surface area contributed by atoms with E-state index in [2.05, 4.69) is 10.2 Å². The lowest BCUT2D eigenvalue weighted by Gasteiger charge is -2.05. The number of carbonyl (C=O) groups is 2. The number of hydrazine groups is 1. The average Bonchev–Trinajstić information content (AvgIpc) is 2.27. The number of rotatable bonds is 3. The van der Waals surface area contributed by atoms with E-state index >= 15 is 0 Å². The molecule has 3 N–H and O–H groups in total. The molecule has 0 atom stereocenters. The number of methoxy groups -OCH3 is 1. The molecular weight excluding hydrogens is 184 g/mol. The molecule has 5 heteroatoms. The minimum Gasteiger partial charge on any atom is -0.465 e. The Morgan fingerprint density at radius 3 is 2.79 bits per heavy atom. The fourth-order valence-electron chi connectivity index (χ4n) is 1.05. The van der Waals surface area contributed by atoms with Crippen LogP contribution in [0.1, 0.15) is 20.7 Å². The quantitative estimate of drug-likeness (QED) is 0.318. The minimum absolute atomic E-state index is 0.224. The summed E-state index contributed by atoms with van der Waals surface area (Å²) < 4.78 is 4.50. The van der Waals surface area contributed by atoms with E-state index in [1.165, 1.54) is 19.2 Å². The Hall–Kier alpha value is -1.88. The van der Waals surface area contributed by atoms with Gasteiger partial charge < -0.3 is 10.2 Å². The van der Waals surface area contributed by atoms with Crippen LogP contribution >= 0.6 is 0 Å². The minimum atomic E-state index is -0.546. The molecule has 0 heterocycles. The first-order valence-corrected chi connectivity index (χ1v) is 3.87. The molecule has 0 spiro atoms. The summed E-state index contributed by atoms with van der Waals surface area (Å²) in [6.45, 7) is 0. The van der Waals surface area contributed by atoms with Crippen molar-refractivity contribution in [2.75, 3.05) is 12.5 Å². The van der Waals surface area contributed by atoms with Gasteiger partial charge in [-0.25, -0.2) is 4.79 Å². The van der Waals surface area contributed by atoms with E-state index in [1.807, 2.05) is 0 Å². The number of ether oxygens (including phenoxy) is 1. The summed E-state index contributed by atoms with van der Waals surface area (Å²) in [5, 5.41) is 0. The van der Waals surface area contributed by atoms with Crippen LogP contribution in [-0.2, 0) is 4.74 Å². The highest BCUT2D eigenvalue weighted by molar-refractivity contribution is 5.98. The lowest BCUT2D eigenvalue weighted by Crippen LogP contribution is -2.10. The number of anilines is 1. The SMILES string of the molecule is COC(=O)c1ccc(NN)cc1C=O. The maximum Gasteiger partial charge on any atom is 0.338 e. The van der Waals surface area contributed by atoms with E-state index in [1.54, 1.807) is 6.07 Å². The number of nitrogens with two attached hydrogens (primary N) is 1. The first-order valence-electron chi connectivity index (χ1n) is 3.87. The molecule has 1 aromatic rings. The second kappa shape index (κ2) is 4.38. The van der Waals surface area contributed by atoms with Gasteiger partial charge in [-0.1, -0.05) is 0 Å². The van der Waals surface area contributed by atoms with Gasteiger partial charge in [0.25, 0.3) is 0 Å². The van der Waals surface area contributed by atoms with Gasteiger partial charge in [-0.05, 0) is 18.2 Å². The molecule has 74 valence electrons. The van der Waals surface area contributed by atoms with E-state index in [-0.39, 0.29) is 11.1 Å². The van der Waals surface area contributed by atoms with E-state index in [4.69, 9.17) is 5.84 Å². The van der Waals surface area contributed by atoms with Crippen LogP contribution < -0.4 is 11.3 Å². The van der Waals surface area contributed by atoms with Crippen LogP contribution in [0, 0.1) is 0 Å². The normalized spacial score (nSPS) is 9.29. The maximum atomic E-state index is 11.2. The van der Waals surface area contributed by atoms with Gasteiger partial charge in [-0.15, -0.1) is 0 Å². The second-order valence-electron chi connectivity index (χ2n) is 2.56. The maximum absolute atomic E-state index is 11.2. The smallest absolute Gasteiger partial charge is 0.338 e. The van der Waals surface area contributed by atoms with Crippen molar-refractivity contribution in [2.24, 2.45) is 5.84 Å². The molecular formula is C9H10N2O3. The van der Waals surface area contributed by atoms with Crippen LogP contribution in [0.3, 0.4) is 0 Å². The van der Waals surface area contributed by atoms with Crippen molar-refractivity contribution < 1.29 is 14.3 Å². The molecule has 0 saturated carbocycles. The summed E-state index contributed by atoms with van der Waals surface area (Å²) in [4.78, 5) is 21.8. The summed E-state index contributed by atoms with van der Waals surface area (Å²) in [5.74, 6) is 4.60. The lowest BCUT2D eigenvalue weighted by molar-refractivity contribution is 0.0598. The number of esters is 1. The van der Waals surface area contributed by atoms with Crippen molar-refractivity contribution in [1.29, 1.82) is 0 Å². The average molecular weight is 194 g/mol. The predicted octanol–water partition coefficient (Wildman–Crippen LogP) is 0.571. The number of carbonyl (C=O) groups excluding carboxylic acids is 2. The van der Waals surface area contributed by atoms with Gasteiger partial charge in [0.2, 0.25) is 0 Å². The molecule has 0 saturated heterocycles. The number of hydrogen-bond acceptors (Lipinski definition) is 5. The highest BCUT2D eigenvalue weighted by Crippen LogP contribution is 2.14. The summed E-state index contributed by atoms with van der Waals surface area (Å²) in [6.07, 6.45) is 0.576. The third-order valence-electron chi connectivity index (χ3n) is 1.75. The largest absolute Gasteiger partial charge is 0.465 e. The zero-order valence-corrected chi connectivity index (χ0v) is 7.61. The first kappa shape index (κ1) is 10.2. The van der Waals surface area contributed by atoms with Crippen molar-refractivity contribution in [3.63, 3.8) is 0 Å². The van der Waals surface area contributed by atoms with E-state index in [0.29, 0.717) is 12.0 Å². The van der Waals surface area contributed by atoms with Gasteiger partial charge in [0.1, 0.15) is 0 Å². The third kappa shape index (κ3) is 1.89. The Bertz CT molecular complexity index is 363. The molecule has 0 radical (unpaired) electrons. The van der Waals surface area contributed by atoms with Crippen LogP contribution in [0.15, 0.2) is 18.2 Å². The monoisotopic (exact) mass is 194 g/mol. The molecule has 14 heavy (non-hydrogen) atoms. The number of hydrogen-bond donors (Lipinski definition) is 2. The van der Waals surface area contributed by atoms with Crippen molar-refractivity contribution in [2.45, 2.75) is 0 Å². The molecule has 1 rings (SSSR count). The molecule has 0 amide bonds. The molecule has 0 aromatic heterocycles. The number of nitrogen functional groups attached to an aromatic ring is 1. The van der Waals surface area contributed by atoms with Gasteiger partial charge >= 0.3 is 5.97 Å². The van der Waals surface area contributed by atoms with E-state index in [9.17, 15) is 9.59 Å². The Kier molecular flexibility index (Phi) is 3.19. The van der Waals surface area contributed by atoms with Crippen LogP contribution in [0.5, 0.6) is 0 Å². The van der Waals surface area contributed by atoms with Crippen molar-refractivity contribution >= 4 is 17.9 Å². The first-order chi connectivity index (χ1) is 6.72. The third-order valence-corrected chi connectivity index (χ3v) is 1.75. The highest BCUT2D eigenvalue weighted by atomic mass is 16.5. The van der Waals surface area contributed by atoms with E-state index < -0.39 is 5.97 Å². The Labute approximate surface area is 80.8 Å². The highest BCUT2D eigenvalue weighted by Gasteiger charge is 2.11. The molecule has 0 bridgehead atoms. The van der Waals surface area contributed by atoms with Gasteiger partial charge in [-0.3, -0.25) is 10.6 Å². The topological polar surface area (TPSA) is 81.4 Å². The molecule has 0 fully saturated rings. The fourth-order valence-corrected chi connectivity index (χ4v) is 1.05. The molecule has 0 aliphatic rings. The molecule has 5 nitrogen and oxygen atoms in total. The van der Waals surface area contributed by atoms with Gasteiger partial charge in [0.15, 0.2) is 6.29 Å². The fraction of sp³-hybridized carbons (Fsp3) is 0.111.